The largest absolute Gasteiger partial charge is 0.493 e. The number of benzene rings is 1. The molecule has 0 bridgehead atoms. The van der Waals surface area contributed by atoms with Crippen molar-refractivity contribution in [3.05, 3.63) is 23.6 Å². The van der Waals surface area contributed by atoms with Gasteiger partial charge in [0.1, 0.15) is 5.82 Å². The molecule has 0 fully saturated rings. The van der Waals surface area contributed by atoms with Crippen molar-refractivity contribution in [3.63, 3.8) is 0 Å². The van der Waals surface area contributed by atoms with E-state index >= 15 is 0 Å². The minimum absolute atomic E-state index is 0.304. The van der Waals surface area contributed by atoms with E-state index in [-0.39, 0.29) is 5.82 Å². The van der Waals surface area contributed by atoms with Gasteiger partial charge in [0.15, 0.2) is 11.5 Å². The van der Waals surface area contributed by atoms with Crippen LogP contribution in [-0.4, -0.2) is 19.2 Å². The van der Waals surface area contributed by atoms with E-state index in [2.05, 4.69) is 4.98 Å². The van der Waals surface area contributed by atoms with Crippen LogP contribution in [0.1, 0.15) is 33.3 Å². The van der Waals surface area contributed by atoms with Crippen LogP contribution in [0.5, 0.6) is 11.5 Å². The summed E-state index contributed by atoms with van der Waals surface area (Å²) in [4.78, 5) is 2.98. The van der Waals surface area contributed by atoms with Crippen LogP contribution in [0.25, 0.3) is 10.9 Å². The molecule has 1 aromatic heterocycles. The molecule has 1 heterocycles. The highest BCUT2D eigenvalue weighted by molar-refractivity contribution is 5.91. The molecule has 2 rings (SSSR count). The Balaban J connectivity index is 0.000000741. The minimum Gasteiger partial charge on any atom is -0.493 e. The van der Waals surface area contributed by atoms with E-state index in [1.165, 1.54) is 20.3 Å². The second kappa shape index (κ2) is 8.40. The summed E-state index contributed by atoms with van der Waals surface area (Å²) in [6, 6.07) is 1.34. The normalized spacial score (nSPS) is 9.05. The van der Waals surface area contributed by atoms with Gasteiger partial charge >= 0.3 is 0 Å². The van der Waals surface area contributed by atoms with Crippen molar-refractivity contribution in [2.75, 3.05) is 14.2 Å². The van der Waals surface area contributed by atoms with Crippen molar-refractivity contribution in [1.29, 1.82) is 0 Å². The number of aromatic nitrogens is 1. The molecule has 0 aliphatic rings. The fraction of sp³-hybridized carbons (Fsp3) is 0.467. The molecule has 1 aromatic carbocycles. The molecule has 0 unspecified atom stereocenters. The van der Waals surface area contributed by atoms with Gasteiger partial charge in [0.25, 0.3) is 0 Å². The zero-order valence-corrected chi connectivity index (χ0v) is 12.8. The first kappa shape index (κ1) is 17.3. The molecule has 0 radical (unpaired) electrons. The highest BCUT2D eigenvalue weighted by Gasteiger charge is 2.16. The minimum atomic E-state index is -0.304. The fourth-order valence-corrected chi connectivity index (χ4v) is 1.74. The van der Waals surface area contributed by atoms with Crippen molar-refractivity contribution in [2.45, 2.75) is 34.6 Å². The summed E-state index contributed by atoms with van der Waals surface area (Å²) in [5.41, 5.74) is 1.48. The van der Waals surface area contributed by atoms with Gasteiger partial charge in [-0.05, 0) is 12.5 Å². The summed E-state index contributed by atoms with van der Waals surface area (Å²) in [6.45, 7) is 9.84. The van der Waals surface area contributed by atoms with Gasteiger partial charge in [-0.1, -0.05) is 27.7 Å². The van der Waals surface area contributed by atoms with Crippen molar-refractivity contribution >= 4 is 10.9 Å². The molecule has 3 nitrogen and oxygen atoms in total. The summed E-state index contributed by atoms with van der Waals surface area (Å²) < 4.78 is 23.9. The number of nitrogens with one attached hydrogen (secondary N) is 1. The van der Waals surface area contributed by atoms with E-state index in [0.29, 0.717) is 22.4 Å². The van der Waals surface area contributed by atoms with E-state index in [1.54, 1.807) is 6.20 Å². The zero-order chi connectivity index (χ0) is 15.0. The molecule has 1 N–H and O–H groups in total. The zero-order valence-electron chi connectivity index (χ0n) is 12.8. The van der Waals surface area contributed by atoms with Gasteiger partial charge in [0, 0.05) is 17.6 Å². The number of H-pyrrole nitrogens is 1. The van der Waals surface area contributed by atoms with E-state index in [1.807, 2.05) is 34.6 Å². The molecular formula is C15H24FNO2. The average molecular weight is 269 g/mol. The van der Waals surface area contributed by atoms with Gasteiger partial charge in [-0.15, -0.1) is 0 Å². The van der Waals surface area contributed by atoms with E-state index < -0.39 is 0 Å². The smallest absolute Gasteiger partial charge is 0.185 e. The lowest BCUT2D eigenvalue weighted by Crippen LogP contribution is -1.93. The number of halogens is 1. The standard InChI is InChI=1S/C11H12FNO2.2C2H6/c1-6-5-13-10-9(6)7(12)4-8(14-2)11(10)15-3;2*1-2/h4-5,13H,1-3H3;2*1-2H3. The van der Waals surface area contributed by atoms with Crippen LogP contribution in [0.4, 0.5) is 4.39 Å². The molecule has 0 aliphatic heterocycles. The summed E-state index contributed by atoms with van der Waals surface area (Å²) in [7, 11) is 3.02. The van der Waals surface area contributed by atoms with Crippen LogP contribution in [0.15, 0.2) is 12.3 Å². The Bertz CT molecular complexity index is 506. The number of methoxy groups -OCH3 is 2. The quantitative estimate of drug-likeness (QED) is 0.858. The van der Waals surface area contributed by atoms with Crippen molar-refractivity contribution in [1.82, 2.24) is 4.98 Å². The Hall–Kier alpha value is -1.71. The van der Waals surface area contributed by atoms with Crippen molar-refractivity contribution in [3.8, 4) is 11.5 Å². The van der Waals surface area contributed by atoms with Gasteiger partial charge in [-0.2, -0.15) is 0 Å². The summed E-state index contributed by atoms with van der Waals surface area (Å²) in [6.07, 6.45) is 1.75. The summed E-state index contributed by atoms with van der Waals surface area (Å²) in [5.74, 6) is 0.618. The first-order chi connectivity index (χ1) is 9.19. The first-order valence-corrected chi connectivity index (χ1v) is 6.57. The number of rotatable bonds is 2. The predicted molar refractivity (Wildman–Crippen MR) is 78.8 cm³/mol. The lowest BCUT2D eigenvalue weighted by atomic mass is 10.1. The maximum Gasteiger partial charge on any atom is 0.185 e. The third kappa shape index (κ3) is 3.40. The van der Waals surface area contributed by atoms with Crippen LogP contribution in [0.3, 0.4) is 0 Å². The molecule has 0 atom stereocenters. The second-order valence-corrected chi connectivity index (χ2v) is 3.32. The maximum absolute atomic E-state index is 13.7. The molecule has 0 saturated heterocycles. The SMILES string of the molecule is CC.CC.COc1cc(F)c2c(C)c[nH]c2c1OC. The lowest BCUT2D eigenvalue weighted by Gasteiger charge is -2.09. The summed E-state index contributed by atoms with van der Waals surface area (Å²) >= 11 is 0. The Morgan fingerprint density at radius 3 is 2.11 bits per heavy atom. The third-order valence-corrected chi connectivity index (χ3v) is 2.45. The van der Waals surface area contributed by atoms with Gasteiger partial charge in [0.2, 0.25) is 0 Å². The third-order valence-electron chi connectivity index (χ3n) is 2.45. The average Bonchev–Trinajstić information content (AvgIpc) is 2.85. The lowest BCUT2D eigenvalue weighted by molar-refractivity contribution is 0.356. The Morgan fingerprint density at radius 2 is 1.63 bits per heavy atom. The Labute approximate surface area is 114 Å². The van der Waals surface area contributed by atoms with Gasteiger partial charge in [0.05, 0.1) is 19.7 Å². The Morgan fingerprint density at radius 1 is 1.05 bits per heavy atom. The second-order valence-electron chi connectivity index (χ2n) is 3.32. The highest BCUT2D eigenvalue weighted by atomic mass is 19.1. The molecule has 0 aliphatic carbocycles. The van der Waals surface area contributed by atoms with Crippen LogP contribution >= 0.6 is 0 Å². The predicted octanol–water partition coefficient (Wildman–Crippen LogP) is 4.69. The molecule has 19 heavy (non-hydrogen) atoms. The van der Waals surface area contributed by atoms with Crippen LogP contribution in [0.2, 0.25) is 0 Å². The molecular weight excluding hydrogens is 245 g/mol. The summed E-state index contributed by atoms with van der Waals surface area (Å²) in [5, 5.41) is 0.549. The van der Waals surface area contributed by atoms with Crippen LogP contribution in [-0.2, 0) is 0 Å². The van der Waals surface area contributed by atoms with Gasteiger partial charge in [-0.3, -0.25) is 0 Å². The highest BCUT2D eigenvalue weighted by Crippen LogP contribution is 2.37. The van der Waals surface area contributed by atoms with Gasteiger partial charge in [-0.25, -0.2) is 4.39 Å². The van der Waals surface area contributed by atoms with E-state index in [9.17, 15) is 4.39 Å². The van der Waals surface area contributed by atoms with Crippen molar-refractivity contribution < 1.29 is 13.9 Å². The van der Waals surface area contributed by atoms with Crippen LogP contribution in [0, 0.1) is 12.7 Å². The monoisotopic (exact) mass is 269 g/mol. The maximum atomic E-state index is 13.7. The number of fused-ring (bicyclic) bond motifs is 1. The van der Waals surface area contributed by atoms with Gasteiger partial charge < -0.3 is 14.5 Å². The first-order valence-electron chi connectivity index (χ1n) is 6.57. The fourth-order valence-electron chi connectivity index (χ4n) is 1.74. The molecule has 0 saturated carbocycles. The number of hydrogen-bond donors (Lipinski definition) is 1. The van der Waals surface area contributed by atoms with Crippen LogP contribution < -0.4 is 9.47 Å². The molecule has 0 amide bonds. The number of aromatic amines is 1. The number of hydrogen-bond acceptors (Lipinski definition) is 2. The molecule has 108 valence electrons. The topological polar surface area (TPSA) is 34.2 Å². The molecule has 0 spiro atoms. The Kier molecular flexibility index (Phi) is 7.65. The molecule has 4 heteroatoms. The van der Waals surface area contributed by atoms with E-state index in [4.69, 9.17) is 9.47 Å². The van der Waals surface area contributed by atoms with Crippen molar-refractivity contribution in [2.24, 2.45) is 0 Å². The molecule has 2 aromatic rings. The van der Waals surface area contributed by atoms with E-state index in [0.717, 1.165) is 5.56 Å². The number of ether oxygens (including phenoxy) is 2. The number of aryl methyl sites for hydroxylation is 1.